The average molecular weight is 369 g/mol. The number of hydrogen-bond donors (Lipinski definition) is 1. The van der Waals surface area contributed by atoms with Gasteiger partial charge in [0.1, 0.15) is 11.9 Å². The minimum atomic E-state index is -0.704. The molecule has 1 aliphatic rings. The van der Waals surface area contributed by atoms with E-state index in [0.29, 0.717) is 38.2 Å². The zero-order chi connectivity index (χ0) is 19.4. The molecule has 0 radical (unpaired) electrons. The molecule has 1 atom stereocenters. The first-order valence-corrected chi connectivity index (χ1v) is 9.11. The standard InChI is InChI=1S/C21H24FN3O2/c1-15-3-5-16(6-4-15)19(23)21(27)25-12-2-11-24(13-14-25)20(26)17-7-9-18(22)10-8-17/h3-10,19H,2,11-14,23H2,1H3. The second-order valence-corrected chi connectivity index (χ2v) is 6.87. The maximum Gasteiger partial charge on any atom is 0.253 e. The van der Waals surface area contributed by atoms with Crippen molar-refractivity contribution in [2.45, 2.75) is 19.4 Å². The zero-order valence-electron chi connectivity index (χ0n) is 15.4. The van der Waals surface area contributed by atoms with Crippen molar-refractivity contribution in [3.8, 4) is 0 Å². The van der Waals surface area contributed by atoms with Crippen LogP contribution in [0.3, 0.4) is 0 Å². The van der Waals surface area contributed by atoms with Gasteiger partial charge in [-0.1, -0.05) is 29.8 Å². The second-order valence-electron chi connectivity index (χ2n) is 6.87. The smallest absolute Gasteiger partial charge is 0.253 e. The molecule has 142 valence electrons. The highest BCUT2D eigenvalue weighted by Crippen LogP contribution is 2.17. The van der Waals surface area contributed by atoms with Crippen LogP contribution < -0.4 is 5.73 Å². The Morgan fingerprint density at radius 3 is 2.19 bits per heavy atom. The normalized spacial score (nSPS) is 16.0. The van der Waals surface area contributed by atoms with E-state index in [0.717, 1.165) is 11.1 Å². The van der Waals surface area contributed by atoms with E-state index >= 15 is 0 Å². The monoisotopic (exact) mass is 369 g/mol. The van der Waals surface area contributed by atoms with Gasteiger partial charge in [-0.15, -0.1) is 0 Å². The number of rotatable bonds is 3. The number of nitrogens with two attached hydrogens (primary N) is 1. The first kappa shape index (κ1) is 19.0. The molecule has 0 spiro atoms. The molecule has 1 fully saturated rings. The van der Waals surface area contributed by atoms with Crippen molar-refractivity contribution in [3.05, 3.63) is 71.0 Å². The molecular formula is C21H24FN3O2. The molecule has 1 saturated heterocycles. The minimum Gasteiger partial charge on any atom is -0.339 e. The number of hydrogen-bond acceptors (Lipinski definition) is 3. The molecule has 2 aromatic rings. The molecular weight excluding hydrogens is 345 g/mol. The Hall–Kier alpha value is -2.73. The van der Waals surface area contributed by atoms with E-state index in [2.05, 4.69) is 0 Å². The summed E-state index contributed by atoms with van der Waals surface area (Å²) in [5.41, 5.74) is 8.51. The van der Waals surface area contributed by atoms with Gasteiger partial charge in [0.05, 0.1) is 0 Å². The largest absolute Gasteiger partial charge is 0.339 e. The molecule has 3 rings (SSSR count). The fourth-order valence-corrected chi connectivity index (χ4v) is 3.23. The lowest BCUT2D eigenvalue weighted by Gasteiger charge is -2.25. The van der Waals surface area contributed by atoms with Crippen LogP contribution in [0.4, 0.5) is 4.39 Å². The van der Waals surface area contributed by atoms with E-state index in [4.69, 9.17) is 5.73 Å². The SMILES string of the molecule is Cc1ccc(C(N)C(=O)N2CCCN(C(=O)c3ccc(F)cc3)CC2)cc1. The third kappa shape index (κ3) is 4.52. The Balaban J connectivity index is 1.63. The summed E-state index contributed by atoms with van der Waals surface area (Å²) >= 11 is 0. The second kappa shape index (κ2) is 8.31. The fraction of sp³-hybridized carbons (Fsp3) is 0.333. The predicted octanol–water partition coefficient (Wildman–Crippen LogP) is 2.51. The lowest BCUT2D eigenvalue weighted by Crippen LogP contribution is -2.41. The molecule has 0 bridgehead atoms. The van der Waals surface area contributed by atoms with E-state index in [1.54, 1.807) is 9.80 Å². The van der Waals surface area contributed by atoms with Crippen molar-refractivity contribution in [3.63, 3.8) is 0 Å². The summed E-state index contributed by atoms with van der Waals surface area (Å²) in [5.74, 6) is -0.647. The summed E-state index contributed by atoms with van der Waals surface area (Å²) in [7, 11) is 0. The summed E-state index contributed by atoms with van der Waals surface area (Å²) in [6.07, 6.45) is 0.680. The molecule has 0 aliphatic carbocycles. The van der Waals surface area contributed by atoms with Gasteiger partial charge in [-0.05, 0) is 43.2 Å². The molecule has 1 unspecified atom stereocenters. The van der Waals surface area contributed by atoms with Gasteiger partial charge in [0.15, 0.2) is 0 Å². The number of halogens is 1. The Labute approximate surface area is 158 Å². The number of nitrogens with zero attached hydrogens (tertiary/aromatic N) is 2. The van der Waals surface area contributed by atoms with Crippen molar-refractivity contribution >= 4 is 11.8 Å². The van der Waals surface area contributed by atoms with Crippen molar-refractivity contribution in [1.29, 1.82) is 0 Å². The van der Waals surface area contributed by atoms with Gasteiger partial charge < -0.3 is 15.5 Å². The quantitative estimate of drug-likeness (QED) is 0.904. The van der Waals surface area contributed by atoms with Crippen LogP contribution in [0.25, 0.3) is 0 Å². The maximum atomic E-state index is 13.1. The van der Waals surface area contributed by atoms with Crippen LogP contribution in [-0.4, -0.2) is 47.8 Å². The van der Waals surface area contributed by atoms with Crippen LogP contribution in [0, 0.1) is 12.7 Å². The first-order valence-electron chi connectivity index (χ1n) is 9.11. The van der Waals surface area contributed by atoms with Crippen molar-refractivity contribution < 1.29 is 14.0 Å². The third-order valence-electron chi connectivity index (χ3n) is 4.89. The van der Waals surface area contributed by atoms with Gasteiger partial charge in [0.2, 0.25) is 5.91 Å². The Kier molecular flexibility index (Phi) is 5.86. The first-order chi connectivity index (χ1) is 13.0. The van der Waals surface area contributed by atoms with E-state index in [-0.39, 0.29) is 17.6 Å². The van der Waals surface area contributed by atoms with Gasteiger partial charge in [0.25, 0.3) is 5.91 Å². The van der Waals surface area contributed by atoms with Crippen LogP contribution in [0.5, 0.6) is 0 Å². The predicted molar refractivity (Wildman–Crippen MR) is 102 cm³/mol. The molecule has 6 heteroatoms. The van der Waals surface area contributed by atoms with Crippen LogP contribution in [0.1, 0.15) is 33.9 Å². The number of carbonyl (C=O) groups excluding carboxylic acids is 2. The van der Waals surface area contributed by atoms with E-state index in [9.17, 15) is 14.0 Å². The van der Waals surface area contributed by atoms with Gasteiger partial charge in [-0.2, -0.15) is 0 Å². The van der Waals surface area contributed by atoms with Gasteiger partial charge >= 0.3 is 0 Å². The molecule has 1 aliphatic heterocycles. The summed E-state index contributed by atoms with van der Waals surface area (Å²) in [6.45, 7) is 3.97. The van der Waals surface area contributed by atoms with Gasteiger partial charge in [-0.25, -0.2) is 4.39 Å². The number of benzene rings is 2. The van der Waals surface area contributed by atoms with E-state index < -0.39 is 6.04 Å². The molecule has 27 heavy (non-hydrogen) atoms. The maximum absolute atomic E-state index is 13.1. The summed E-state index contributed by atoms with van der Waals surface area (Å²) in [6, 6.07) is 12.5. The Bertz CT molecular complexity index is 805. The van der Waals surface area contributed by atoms with Crippen LogP contribution in [0.2, 0.25) is 0 Å². The molecule has 2 N–H and O–H groups in total. The van der Waals surface area contributed by atoms with Crippen LogP contribution in [-0.2, 0) is 4.79 Å². The lowest BCUT2D eigenvalue weighted by molar-refractivity contribution is -0.132. The molecule has 5 nitrogen and oxygen atoms in total. The number of amides is 2. The third-order valence-corrected chi connectivity index (χ3v) is 4.89. The highest BCUT2D eigenvalue weighted by Gasteiger charge is 2.26. The topological polar surface area (TPSA) is 66.6 Å². The molecule has 1 heterocycles. The number of carbonyl (C=O) groups is 2. The highest BCUT2D eigenvalue weighted by molar-refractivity contribution is 5.94. The number of aryl methyl sites for hydroxylation is 1. The highest BCUT2D eigenvalue weighted by atomic mass is 19.1. The minimum absolute atomic E-state index is 0.130. The van der Waals surface area contributed by atoms with E-state index in [1.165, 1.54) is 24.3 Å². The molecule has 0 saturated carbocycles. The van der Waals surface area contributed by atoms with Gasteiger partial charge in [-0.3, -0.25) is 9.59 Å². The molecule has 2 aromatic carbocycles. The molecule has 2 amide bonds. The van der Waals surface area contributed by atoms with Gasteiger partial charge in [0, 0.05) is 31.7 Å². The summed E-state index contributed by atoms with van der Waals surface area (Å²) in [4.78, 5) is 28.8. The van der Waals surface area contributed by atoms with Crippen molar-refractivity contribution in [2.75, 3.05) is 26.2 Å². The molecule has 0 aromatic heterocycles. The van der Waals surface area contributed by atoms with E-state index in [1.807, 2.05) is 31.2 Å². The Morgan fingerprint density at radius 2 is 1.52 bits per heavy atom. The van der Waals surface area contributed by atoms with Crippen LogP contribution >= 0.6 is 0 Å². The van der Waals surface area contributed by atoms with Crippen molar-refractivity contribution in [2.24, 2.45) is 5.73 Å². The summed E-state index contributed by atoms with van der Waals surface area (Å²) in [5, 5.41) is 0. The fourth-order valence-electron chi connectivity index (χ4n) is 3.23. The zero-order valence-corrected chi connectivity index (χ0v) is 15.4. The summed E-state index contributed by atoms with van der Waals surface area (Å²) < 4.78 is 13.1. The Morgan fingerprint density at radius 1 is 0.926 bits per heavy atom. The average Bonchev–Trinajstić information content (AvgIpc) is 2.94. The van der Waals surface area contributed by atoms with Crippen molar-refractivity contribution in [1.82, 2.24) is 9.80 Å². The van der Waals surface area contributed by atoms with Crippen LogP contribution in [0.15, 0.2) is 48.5 Å². The lowest BCUT2D eigenvalue weighted by atomic mass is 10.0.